The molecule has 4 heteroatoms. The summed E-state index contributed by atoms with van der Waals surface area (Å²) in [5, 5.41) is 4.10. The molecule has 3 rings (SSSR count). The molecule has 24 heavy (non-hydrogen) atoms. The summed E-state index contributed by atoms with van der Waals surface area (Å²) >= 11 is 0. The molecule has 0 atom stereocenters. The number of piperidine rings is 1. The van der Waals surface area contributed by atoms with Crippen molar-refractivity contribution in [3.05, 3.63) is 42.4 Å². The number of nitrogens with one attached hydrogen (secondary N) is 1. The SMILES string of the molecule is Cn1cc(C(=O)NCCCCCN2CC[CH]CC2)c2ccccc21. The highest BCUT2D eigenvalue weighted by molar-refractivity contribution is 6.06. The number of aromatic nitrogens is 1. The number of fused-ring (bicyclic) bond motifs is 1. The Hall–Kier alpha value is -1.81. The number of hydrogen-bond acceptors (Lipinski definition) is 2. The molecule has 2 heterocycles. The molecule has 2 aromatic rings. The van der Waals surface area contributed by atoms with Crippen molar-refractivity contribution in [3.8, 4) is 0 Å². The maximum absolute atomic E-state index is 12.4. The first-order chi connectivity index (χ1) is 11.8. The molecule has 1 aliphatic heterocycles. The number of carbonyl (C=O) groups is 1. The Kier molecular flexibility index (Phi) is 5.91. The van der Waals surface area contributed by atoms with Gasteiger partial charge in [0.2, 0.25) is 0 Å². The molecule has 1 amide bonds. The van der Waals surface area contributed by atoms with Crippen LogP contribution in [0.25, 0.3) is 10.9 Å². The van der Waals surface area contributed by atoms with Gasteiger partial charge < -0.3 is 14.8 Å². The van der Waals surface area contributed by atoms with Crippen LogP contribution >= 0.6 is 0 Å². The molecule has 1 N–H and O–H groups in total. The highest BCUT2D eigenvalue weighted by atomic mass is 16.1. The molecular formula is C20H28N3O. The molecule has 0 bridgehead atoms. The van der Waals surface area contributed by atoms with Gasteiger partial charge in [-0.15, -0.1) is 0 Å². The number of nitrogens with zero attached hydrogens (tertiary/aromatic N) is 2. The lowest BCUT2D eigenvalue weighted by atomic mass is 10.1. The third-order valence-corrected chi connectivity index (χ3v) is 4.88. The molecule has 0 saturated carbocycles. The minimum Gasteiger partial charge on any atom is -0.352 e. The lowest BCUT2D eigenvalue weighted by Gasteiger charge is -2.26. The lowest BCUT2D eigenvalue weighted by Crippen LogP contribution is -2.31. The Morgan fingerprint density at radius 2 is 1.92 bits per heavy atom. The van der Waals surface area contributed by atoms with Crippen molar-refractivity contribution in [2.45, 2.75) is 32.1 Å². The summed E-state index contributed by atoms with van der Waals surface area (Å²) in [4.78, 5) is 15.0. The molecule has 1 aromatic carbocycles. The van der Waals surface area contributed by atoms with Crippen LogP contribution < -0.4 is 5.32 Å². The van der Waals surface area contributed by atoms with Gasteiger partial charge in [0.15, 0.2) is 0 Å². The highest BCUT2D eigenvalue weighted by Crippen LogP contribution is 2.20. The van der Waals surface area contributed by atoms with Gasteiger partial charge in [0.05, 0.1) is 5.56 Å². The van der Waals surface area contributed by atoms with Gasteiger partial charge in [-0.2, -0.15) is 0 Å². The maximum atomic E-state index is 12.4. The number of likely N-dealkylation sites (tertiary alicyclic amines) is 1. The third-order valence-electron chi connectivity index (χ3n) is 4.88. The summed E-state index contributed by atoms with van der Waals surface area (Å²) in [5.74, 6) is 0.0402. The number of para-hydroxylation sites is 1. The van der Waals surface area contributed by atoms with Crippen LogP contribution in [0.1, 0.15) is 42.5 Å². The van der Waals surface area contributed by atoms with E-state index in [9.17, 15) is 4.79 Å². The molecule has 129 valence electrons. The van der Waals surface area contributed by atoms with Crippen LogP contribution in [0.3, 0.4) is 0 Å². The van der Waals surface area contributed by atoms with E-state index in [-0.39, 0.29) is 5.91 Å². The van der Waals surface area contributed by atoms with Crippen LogP contribution in [-0.4, -0.2) is 41.6 Å². The van der Waals surface area contributed by atoms with E-state index in [4.69, 9.17) is 0 Å². The Balaban J connectivity index is 1.39. The van der Waals surface area contributed by atoms with Crippen molar-refractivity contribution in [3.63, 3.8) is 0 Å². The molecule has 1 aromatic heterocycles. The predicted octanol–water partition coefficient (Wildman–Crippen LogP) is 3.38. The normalized spacial score (nSPS) is 15.7. The topological polar surface area (TPSA) is 37.3 Å². The van der Waals surface area contributed by atoms with Gasteiger partial charge in [-0.05, 0) is 57.8 Å². The van der Waals surface area contributed by atoms with Crippen LogP contribution in [-0.2, 0) is 7.05 Å². The van der Waals surface area contributed by atoms with Gasteiger partial charge in [0.1, 0.15) is 0 Å². The third kappa shape index (κ3) is 4.18. The first-order valence-corrected chi connectivity index (χ1v) is 9.12. The van der Waals surface area contributed by atoms with Gasteiger partial charge in [-0.3, -0.25) is 4.79 Å². The molecule has 0 unspecified atom stereocenters. The monoisotopic (exact) mass is 326 g/mol. The second kappa shape index (κ2) is 8.34. The van der Waals surface area contributed by atoms with E-state index in [1.54, 1.807) is 0 Å². The molecule has 1 radical (unpaired) electrons. The van der Waals surface area contributed by atoms with Crippen molar-refractivity contribution in [1.29, 1.82) is 0 Å². The van der Waals surface area contributed by atoms with Gasteiger partial charge in [-0.1, -0.05) is 24.6 Å². The van der Waals surface area contributed by atoms with Crippen molar-refractivity contribution in [2.24, 2.45) is 7.05 Å². The van der Waals surface area contributed by atoms with Crippen molar-refractivity contribution >= 4 is 16.8 Å². The Bertz CT molecular complexity index is 671. The highest BCUT2D eigenvalue weighted by Gasteiger charge is 2.13. The van der Waals surface area contributed by atoms with E-state index >= 15 is 0 Å². The van der Waals surface area contributed by atoms with Gasteiger partial charge in [0, 0.05) is 30.7 Å². The number of amides is 1. The molecule has 1 fully saturated rings. The van der Waals surface area contributed by atoms with Gasteiger partial charge in [0.25, 0.3) is 5.91 Å². The van der Waals surface area contributed by atoms with Gasteiger partial charge in [-0.25, -0.2) is 0 Å². The van der Waals surface area contributed by atoms with Crippen molar-refractivity contribution in [2.75, 3.05) is 26.2 Å². The Labute approximate surface area is 144 Å². The predicted molar refractivity (Wildman–Crippen MR) is 99.1 cm³/mol. The fraction of sp³-hybridized carbons (Fsp3) is 0.500. The Morgan fingerprint density at radius 3 is 2.75 bits per heavy atom. The first-order valence-electron chi connectivity index (χ1n) is 9.12. The summed E-state index contributed by atoms with van der Waals surface area (Å²) in [7, 11) is 1.98. The molecule has 0 spiro atoms. The fourth-order valence-corrected chi connectivity index (χ4v) is 3.48. The molecule has 0 aliphatic carbocycles. The summed E-state index contributed by atoms with van der Waals surface area (Å²) in [6, 6.07) is 8.05. The fourth-order valence-electron chi connectivity index (χ4n) is 3.48. The lowest BCUT2D eigenvalue weighted by molar-refractivity contribution is 0.0954. The number of aryl methyl sites for hydroxylation is 1. The minimum absolute atomic E-state index is 0.0402. The standard InChI is InChI=1S/C20H28N3O/c1-22-16-18(17-10-4-5-11-19(17)22)20(24)21-12-6-2-7-13-23-14-8-3-9-15-23/h3-5,10-11,16H,2,6-9,12-15H2,1H3,(H,21,24). The molecular weight excluding hydrogens is 298 g/mol. The summed E-state index contributed by atoms with van der Waals surface area (Å²) in [6.07, 6.45) is 10.2. The molecule has 1 aliphatic rings. The zero-order valence-corrected chi connectivity index (χ0v) is 14.6. The van der Waals surface area contributed by atoms with E-state index in [0.717, 1.165) is 29.4 Å². The molecule has 1 saturated heterocycles. The van der Waals surface area contributed by atoms with E-state index < -0.39 is 0 Å². The number of unbranched alkanes of at least 4 members (excludes halogenated alkanes) is 2. The maximum Gasteiger partial charge on any atom is 0.253 e. The summed E-state index contributed by atoms with van der Waals surface area (Å²) in [6.45, 7) is 4.40. The number of benzene rings is 1. The number of hydrogen-bond donors (Lipinski definition) is 1. The van der Waals surface area contributed by atoms with Crippen molar-refractivity contribution < 1.29 is 4.79 Å². The smallest absolute Gasteiger partial charge is 0.253 e. The number of carbonyl (C=O) groups excluding carboxylic acids is 1. The zero-order chi connectivity index (χ0) is 16.8. The minimum atomic E-state index is 0.0402. The summed E-state index contributed by atoms with van der Waals surface area (Å²) in [5.41, 5.74) is 1.87. The van der Waals surface area contributed by atoms with Crippen molar-refractivity contribution in [1.82, 2.24) is 14.8 Å². The van der Waals surface area contributed by atoms with E-state index in [0.29, 0.717) is 0 Å². The largest absolute Gasteiger partial charge is 0.352 e. The zero-order valence-electron chi connectivity index (χ0n) is 14.6. The summed E-state index contributed by atoms with van der Waals surface area (Å²) < 4.78 is 2.01. The first kappa shape index (κ1) is 17.0. The average Bonchev–Trinajstić information content (AvgIpc) is 2.96. The van der Waals surface area contributed by atoms with E-state index in [1.807, 2.05) is 42.1 Å². The van der Waals surface area contributed by atoms with E-state index in [2.05, 4.69) is 16.6 Å². The quantitative estimate of drug-likeness (QED) is 0.792. The van der Waals surface area contributed by atoms with Crippen LogP contribution in [0, 0.1) is 6.42 Å². The second-order valence-corrected chi connectivity index (χ2v) is 6.70. The van der Waals surface area contributed by atoms with Gasteiger partial charge >= 0.3 is 0 Å². The van der Waals surface area contributed by atoms with Crippen LogP contribution in [0.15, 0.2) is 30.5 Å². The Morgan fingerprint density at radius 1 is 1.12 bits per heavy atom. The number of rotatable bonds is 7. The van der Waals surface area contributed by atoms with Crippen LogP contribution in [0.2, 0.25) is 0 Å². The second-order valence-electron chi connectivity index (χ2n) is 6.70. The van der Waals surface area contributed by atoms with E-state index in [1.165, 1.54) is 45.3 Å². The van der Waals surface area contributed by atoms with Crippen LogP contribution in [0.5, 0.6) is 0 Å². The average molecular weight is 326 g/mol. The van der Waals surface area contributed by atoms with Crippen LogP contribution in [0.4, 0.5) is 0 Å². The molecule has 4 nitrogen and oxygen atoms in total.